The lowest BCUT2D eigenvalue weighted by atomic mass is 10.0. The molecule has 3 aromatic carbocycles. The van der Waals surface area contributed by atoms with Crippen LogP contribution in [-0.2, 0) is 22.4 Å². The van der Waals surface area contributed by atoms with Crippen LogP contribution in [0.25, 0.3) is 0 Å². The second kappa shape index (κ2) is 13.8. The van der Waals surface area contributed by atoms with Gasteiger partial charge in [0, 0.05) is 30.0 Å². The Labute approximate surface area is 221 Å². The van der Waals surface area contributed by atoms with E-state index in [-0.39, 0.29) is 23.6 Å². The van der Waals surface area contributed by atoms with Crippen LogP contribution in [0.15, 0.2) is 54.6 Å². The lowest BCUT2D eigenvalue weighted by Crippen LogP contribution is -2.16. The van der Waals surface area contributed by atoms with Crippen LogP contribution in [0.2, 0.25) is 5.02 Å². The summed E-state index contributed by atoms with van der Waals surface area (Å²) in [4.78, 5) is 11.7. The van der Waals surface area contributed by atoms with Crippen LogP contribution < -0.4 is 14.2 Å². The Morgan fingerprint density at radius 1 is 0.946 bits per heavy atom. The maximum Gasteiger partial charge on any atom is 0.306 e. The molecule has 8 heteroatoms. The largest absolute Gasteiger partial charge is 0.493 e. The second-order valence-corrected chi connectivity index (χ2v) is 8.86. The Morgan fingerprint density at radius 3 is 2.46 bits per heavy atom. The van der Waals surface area contributed by atoms with Gasteiger partial charge in [0.05, 0.1) is 19.3 Å². The SMILES string of the molecule is CCOC(=O)CCc1ccc(OCCC(C)Oc2ccc(Cl)cc2Oc2ccc(F)cc2F)cc1CC. The average Bonchev–Trinajstić information content (AvgIpc) is 2.86. The molecule has 5 nitrogen and oxygen atoms in total. The summed E-state index contributed by atoms with van der Waals surface area (Å²) in [7, 11) is 0. The van der Waals surface area contributed by atoms with Gasteiger partial charge in [0.2, 0.25) is 0 Å². The summed E-state index contributed by atoms with van der Waals surface area (Å²) in [5.74, 6) is -0.523. The molecule has 0 saturated carbocycles. The fourth-order valence-corrected chi connectivity index (χ4v) is 3.85. The zero-order valence-corrected chi connectivity index (χ0v) is 21.9. The number of hydrogen-bond donors (Lipinski definition) is 0. The van der Waals surface area contributed by atoms with Crippen molar-refractivity contribution in [3.8, 4) is 23.0 Å². The van der Waals surface area contributed by atoms with Crippen LogP contribution >= 0.6 is 11.6 Å². The molecule has 1 unspecified atom stereocenters. The van der Waals surface area contributed by atoms with E-state index in [1.54, 1.807) is 19.1 Å². The van der Waals surface area contributed by atoms with Crippen molar-refractivity contribution < 1.29 is 32.5 Å². The zero-order valence-electron chi connectivity index (χ0n) is 21.2. The number of rotatable bonds is 13. The second-order valence-electron chi connectivity index (χ2n) is 8.42. The van der Waals surface area contributed by atoms with Crippen molar-refractivity contribution in [1.29, 1.82) is 0 Å². The van der Waals surface area contributed by atoms with Gasteiger partial charge in [0.25, 0.3) is 0 Å². The lowest BCUT2D eigenvalue weighted by molar-refractivity contribution is -0.143. The van der Waals surface area contributed by atoms with Crippen LogP contribution in [-0.4, -0.2) is 25.3 Å². The van der Waals surface area contributed by atoms with Crippen molar-refractivity contribution in [3.05, 3.63) is 82.4 Å². The van der Waals surface area contributed by atoms with E-state index in [2.05, 4.69) is 6.92 Å². The van der Waals surface area contributed by atoms with Crippen LogP contribution in [0.1, 0.15) is 44.7 Å². The minimum Gasteiger partial charge on any atom is -0.493 e. The first-order valence-electron chi connectivity index (χ1n) is 12.3. The number of benzene rings is 3. The van der Waals surface area contributed by atoms with Crippen molar-refractivity contribution >= 4 is 17.6 Å². The van der Waals surface area contributed by atoms with Gasteiger partial charge in [-0.15, -0.1) is 0 Å². The van der Waals surface area contributed by atoms with Crippen LogP contribution in [0.4, 0.5) is 8.78 Å². The fraction of sp³-hybridized carbons (Fsp3) is 0.345. The molecule has 37 heavy (non-hydrogen) atoms. The van der Waals surface area contributed by atoms with Gasteiger partial charge < -0.3 is 18.9 Å². The summed E-state index contributed by atoms with van der Waals surface area (Å²) in [5, 5.41) is 0.387. The molecule has 0 aliphatic carbocycles. The van der Waals surface area contributed by atoms with E-state index in [0.29, 0.717) is 43.2 Å². The summed E-state index contributed by atoms with van der Waals surface area (Å²) in [6.07, 6.45) is 2.11. The molecule has 0 heterocycles. The van der Waals surface area contributed by atoms with Crippen molar-refractivity contribution in [2.45, 2.75) is 52.6 Å². The molecule has 0 N–H and O–H groups in total. The van der Waals surface area contributed by atoms with E-state index in [4.69, 9.17) is 30.5 Å². The molecule has 0 aliphatic heterocycles. The third-order valence-electron chi connectivity index (χ3n) is 5.60. The van der Waals surface area contributed by atoms with Crippen molar-refractivity contribution in [2.24, 2.45) is 0 Å². The molecular weight excluding hydrogens is 502 g/mol. The quantitative estimate of drug-likeness (QED) is 0.211. The van der Waals surface area contributed by atoms with Crippen molar-refractivity contribution in [3.63, 3.8) is 0 Å². The lowest BCUT2D eigenvalue weighted by Gasteiger charge is -2.18. The monoisotopic (exact) mass is 532 g/mol. The molecule has 0 aliphatic rings. The predicted molar refractivity (Wildman–Crippen MR) is 139 cm³/mol. The van der Waals surface area contributed by atoms with Crippen molar-refractivity contribution in [2.75, 3.05) is 13.2 Å². The van der Waals surface area contributed by atoms with Crippen LogP contribution in [0.3, 0.4) is 0 Å². The molecule has 0 fully saturated rings. The number of aryl methyl sites for hydroxylation is 2. The van der Waals surface area contributed by atoms with E-state index in [0.717, 1.165) is 35.4 Å². The van der Waals surface area contributed by atoms with Crippen molar-refractivity contribution in [1.82, 2.24) is 0 Å². The number of ether oxygens (including phenoxy) is 4. The van der Waals surface area contributed by atoms with E-state index < -0.39 is 11.6 Å². The molecule has 0 aromatic heterocycles. The van der Waals surface area contributed by atoms with Gasteiger partial charge >= 0.3 is 5.97 Å². The Morgan fingerprint density at radius 2 is 1.73 bits per heavy atom. The van der Waals surface area contributed by atoms with E-state index >= 15 is 0 Å². The summed E-state index contributed by atoms with van der Waals surface area (Å²) in [5.41, 5.74) is 2.23. The molecule has 198 valence electrons. The first-order valence-corrected chi connectivity index (χ1v) is 12.7. The smallest absolute Gasteiger partial charge is 0.306 e. The number of carbonyl (C=O) groups is 1. The summed E-state index contributed by atoms with van der Waals surface area (Å²) >= 11 is 6.09. The topological polar surface area (TPSA) is 54.0 Å². The first-order chi connectivity index (χ1) is 17.8. The van der Waals surface area contributed by atoms with Gasteiger partial charge in [-0.25, -0.2) is 8.78 Å². The Bertz CT molecular complexity index is 1200. The van der Waals surface area contributed by atoms with E-state index in [1.165, 1.54) is 12.1 Å². The summed E-state index contributed by atoms with van der Waals surface area (Å²) < 4.78 is 49.9. The number of halogens is 3. The normalized spacial score (nSPS) is 11.6. The minimum absolute atomic E-state index is 0.137. The van der Waals surface area contributed by atoms with Gasteiger partial charge in [-0.3, -0.25) is 4.79 Å². The molecule has 3 rings (SSSR count). The Kier molecular flexibility index (Phi) is 10.6. The Balaban J connectivity index is 1.56. The number of carbonyl (C=O) groups excluding carboxylic acids is 1. The number of hydrogen-bond acceptors (Lipinski definition) is 5. The van der Waals surface area contributed by atoms with Gasteiger partial charge in [0.15, 0.2) is 23.1 Å². The van der Waals surface area contributed by atoms with Gasteiger partial charge in [0.1, 0.15) is 11.6 Å². The summed E-state index contributed by atoms with van der Waals surface area (Å²) in [6, 6.07) is 13.7. The molecular formula is C29H31ClF2O5. The molecule has 0 bridgehead atoms. The van der Waals surface area contributed by atoms with E-state index in [9.17, 15) is 13.6 Å². The molecule has 1 atom stereocenters. The molecule has 0 radical (unpaired) electrons. The standard InChI is InChI=1S/C29H31ClF2O5/c1-4-20-16-24(10-6-21(20)7-13-29(33)34-5-2)35-15-14-19(3)36-27-11-8-22(30)17-28(27)37-26-12-9-23(31)18-25(26)32/h6,8-12,16-19H,4-5,7,13-15H2,1-3H3. The zero-order chi connectivity index (χ0) is 26.8. The third kappa shape index (κ3) is 8.64. The van der Waals surface area contributed by atoms with Crippen LogP contribution in [0.5, 0.6) is 23.0 Å². The highest BCUT2D eigenvalue weighted by molar-refractivity contribution is 6.30. The van der Waals surface area contributed by atoms with Crippen LogP contribution in [0, 0.1) is 11.6 Å². The predicted octanol–water partition coefficient (Wildman–Crippen LogP) is 7.71. The maximum atomic E-state index is 14.1. The third-order valence-corrected chi connectivity index (χ3v) is 5.84. The van der Waals surface area contributed by atoms with E-state index in [1.807, 2.05) is 25.1 Å². The van der Waals surface area contributed by atoms with Gasteiger partial charge in [-0.05, 0) is 74.2 Å². The fourth-order valence-electron chi connectivity index (χ4n) is 3.69. The Hall–Kier alpha value is -3.32. The summed E-state index contributed by atoms with van der Waals surface area (Å²) in [6.45, 7) is 6.53. The molecule has 0 amide bonds. The van der Waals surface area contributed by atoms with Gasteiger partial charge in [-0.1, -0.05) is 24.6 Å². The minimum atomic E-state index is -0.828. The number of esters is 1. The molecule has 3 aromatic rings. The molecule has 0 saturated heterocycles. The maximum absolute atomic E-state index is 14.1. The highest BCUT2D eigenvalue weighted by Crippen LogP contribution is 2.36. The average molecular weight is 533 g/mol. The molecule has 0 spiro atoms. The first kappa shape index (κ1) is 28.3. The highest BCUT2D eigenvalue weighted by atomic mass is 35.5. The van der Waals surface area contributed by atoms with Gasteiger partial charge in [-0.2, -0.15) is 0 Å². The highest BCUT2D eigenvalue weighted by Gasteiger charge is 2.15.